The summed E-state index contributed by atoms with van der Waals surface area (Å²) in [5.74, 6) is 0. The van der Waals surface area contributed by atoms with Gasteiger partial charge < -0.3 is 16.0 Å². The summed E-state index contributed by atoms with van der Waals surface area (Å²) in [6.45, 7) is 3.82. The molecule has 0 saturated heterocycles. The van der Waals surface area contributed by atoms with Gasteiger partial charge in [0.2, 0.25) is 0 Å². The fourth-order valence-corrected chi connectivity index (χ4v) is 4.19. The minimum atomic E-state index is 0.711. The average molecular weight is 546 g/mol. The van der Waals surface area contributed by atoms with Gasteiger partial charge in [-0.15, -0.1) is 0 Å². The number of anilines is 2. The summed E-state index contributed by atoms with van der Waals surface area (Å²) in [6, 6.07) is 16.2. The van der Waals surface area contributed by atoms with Crippen LogP contribution in [0.25, 0.3) is 21.8 Å². The summed E-state index contributed by atoms with van der Waals surface area (Å²) in [5, 5.41) is 13.6. The van der Waals surface area contributed by atoms with Gasteiger partial charge in [-0.05, 0) is 97.1 Å². The van der Waals surface area contributed by atoms with Crippen LogP contribution in [0.1, 0.15) is 12.8 Å². The van der Waals surface area contributed by atoms with Crippen LogP contribution in [-0.4, -0.2) is 36.1 Å². The predicted octanol–water partition coefficient (Wildman–Crippen LogP) is 5.93. The molecule has 7 heteroatoms. The Morgan fingerprint density at radius 3 is 1.94 bits per heavy atom. The van der Waals surface area contributed by atoms with Gasteiger partial charge in [0.1, 0.15) is 0 Å². The molecule has 2 aromatic carbocycles. The Morgan fingerprint density at radius 2 is 1.29 bits per heavy atom. The van der Waals surface area contributed by atoms with Gasteiger partial charge >= 0.3 is 0 Å². The van der Waals surface area contributed by atoms with Gasteiger partial charge in [-0.25, -0.2) is 0 Å². The van der Waals surface area contributed by atoms with Crippen LogP contribution in [0.2, 0.25) is 5.02 Å². The first-order valence-corrected chi connectivity index (χ1v) is 11.9. The van der Waals surface area contributed by atoms with E-state index in [1.54, 1.807) is 0 Å². The van der Waals surface area contributed by atoms with E-state index >= 15 is 0 Å². The fourth-order valence-electron chi connectivity index (χ4n) is 3.55. The summed E-state index contributed by atoms with van der Waals surface area (Å²) in [6.07, 6.45) is 5.81. The molecule has 160 valence electrons. The molecule has 0 radical (unpaired) electrons. The topological polar surface area (TPSA) is 61.9 Å². The molecule has 4 aromatic rings. The van der Waals surface area contributed by atoms with E-state index in [-0.39, 0.29) is 0 Å². The predicted molar refractivity (Wildman–Crippen MR) is 140 cm³/mol. The van der Waals surface area contributed by atoms with E-state index in [4.69, 9.17) is 11.6 Å². The number of nitrogens with zero attached hydrogens (tertiary/aromatic N) is 2. The normalized spacial score (nSPS) is 11.2. The van der Waals surface area contributed by atoms with Gasteiger partial charge in [0.15, 0.2) is 0 Å². The Kier molecular flexibility index (Phi) is 7.77. The number of halogens is 2. The summed E-state index contributed by atoms with van der Waals surface area (Å²) in [5.41, 5.74) is 4.20. The van der Waals surface area contributed by atoms with Gasteiger partial charge in [0, 0.05) is 56.2 Å². The van der Waals surface area contributed by atoms with E-state index in [1.165, 1.54) is 8.96 Å². The number of pyridine rings is 2. The smallest absolute Gasteiger partial charge is 0.0737 e. The molecule has 0 spiro atoms. The minimum Gasteiger partial charge on any atom is -0.384 e. The van der Waals surface area contributed by atoms with E-state index in [0.29, 0.717) is 5.02 Å². The molecular formula is C24H25ClIN5. The Hall–Kier alpha value is -2.16. The van der Waals surface area contributed by atoms with Crippen LogP contribution in [0.3, 0.4) is 0 Å². The molecule has 5 nitrogen and oxygen atoms in total. The highest BCUT2D eigenvalue weighted by atomic mass is 127. The number of hydrogen-bond acceptors (Lipinski definition) is 5. The van der Waals surface area contributed by atoms with Crippen molar-refractivity contribution in [3.8, 4) is 0 Å². The SMILES string of the molecule is Clc1ccc2c(NCCCNCCCNc3ccnc4cc(I)ccc34)ccnc2c1. The van der Waals surface area contributed by atoms with E-state index in [1.807, 2.05) is 42.7 Å². The van der Waals surface area contributed by atoms with Crippen molar-refractivity contribution in [3.05, 3.63) is 69.5 Å². The standard InChI is InChI=1S/C24H25ClIN5/c25-17-3-5-19-21(7-13-30-23(19)15-17)28-11-1-9-27-10-2-12-29-22-8-14-31-24-16-18(26)4-6-20(22)24/h3-8,13-16,27H,1-2,9-12H2,(H,28,30)(H,29,31). The highest BCUT2D eigenvalue weighted by Gasteiger charge is 2.03. The first-order chi connectivity index (χ1) is 15.2. The minimum absolute atomic E-state index is 0.711. The van der Waals surface area contributed by atoms with Crippen LogP contribution in [-0.2, 0) is 0 Å². The molecule has 31 heavy (non-hydrogen) atoms. The van der Waals surface area contributed by atoms with Crippen LogP contribution >= 0.6 is 34.2 Å². The Bertz CT molecular complexity index is 1080. The van der Waals surface area contributed by atoms with Crippen LogP contribution in [0.15, 0.2) is 60.9 Å². The van der Waals surface area contributed by atoms with Crippen LogP contribution in [0.5, 0.6) is 0 Å². The lowest BCUT2D eigenvalue weighted by atomic mass is 10.2. The summed E-state index contributed by atoms with van der Waals surface area (Å²) < 4.78 is 1.20. The largest absolute Gasteiger partial charge is 0.384 e. The zero-order chi connectivity index (χ0) is 21.5. The van der Waals surface area contributed by atoms with Crippen molar-refractivity contribution in [2.75, 3.05) is 36.8 Å². The molecule has 3 N–H and O–H groups in total. The lowest BCUT2D eigenvalue weighted by molar-refractivity contribution is 0.643. The van der Waals surface area contributed by atoms with Crippen LogP contribution in [0.4, 0.5) is 11.4 Å². The zero-order valence-electron chi connectivity index (χ0n) is 17.2. The number of fused-ring (bicyclic) bond motifs is 2. The maximum absolute atomic E-state index is 6.06. The molecule has 0 unspecified atom stereocenters. The number of nitrogens with one attached hydrogen (secondary N) is 3. The summed E-state index contributed by atoms with van der Waals surface area (Å²) in [7, 11) is 0. The van der Waals surface area contributed by atoms with E-state index in [9.17, 15) is 0 Å². The Balaban J connectivity index is 1.14. The zero-order valence-corrected chi connectivity index (χ0v) is 20.1. The molecule has 2 heterocycles. The van der Waals surface area contributed by atoms with Crippen molar-refractivity contribution in [1.82, 2.24) is 15.3 Å². The monoisotopic (exact) mass is 545 g/mol. The number of benzene rings is 2. The molecule has 0 fully saturated rings. The van der Waals surface area contributed by atoms with Crippen molar-refractivity contribution in [1.29, 1.82) is 0 Å². The highest BCUT2D eigenvalue weighted by molar-refractivity contribution is 14.1. The fraction of sp³-hybridized carbons (Fsp3) is 0.250. The molecule has 2 aromatic heterocycles. The van der Waals surface area contributed by atoms with Crippen molar-refractivity contribution >= 4 is 67.4 Å². The third-order valence-corrected chi connectivity index (χ3v) is 6.01. The molecule has 0 atom stereocenters. The number of hydrogen-bond donors (Lipinski definition) is 3. The quantitative estimate of drug-likeness (QED) is 0.170. The first kappa shape index (κ1) is 22.0. The Morgan fingerprint density at radius 1 is 0.710 bits per heavy atom. The summed E-state index contributed by atoms with van der Waals surface area (Å²) in [4.78, 5) is 8.84. The second kappa shape index (κ2) is 10.9. The molecule has 0 bridgehead atoms. The maximum atomic E-state index is 6.06. The van der Waals surface area contributed by atoms with E-state index in [0.717, 1.165) is 66.8 Å². The molecule has 0 aliphatic rings. The van der Waals surface area contributed by atoms with Crippen LogP contribution in [0, 0.1) is 3.57 Å². The third-order valence-electron chi connectivity index (χ3n) is 5.10. The van der Waals surface area contributed by atoms with Crippen molar-refractivity contribution in [2.45, 2.75) is 12.8 Å². The molecular weight excluding hydrogens is 521 g/mol. The Labute approximate surface area is 201 Å². The maximum Gasteiger partial charge on any atom is 0.0737 e. The van der Waals surface area contributed by atoms with Crippen molar-refractivity contribution in [2.24, 2.45) is 0 Å². The van der Waals surface area contributed by atoms with E-state index < -0.39 is 0 Å². The molecule has 0 saturated carbocycles. The van der Waals surface area contributed by atoms with Crippen LogP contribution < -0.4 is 16.0 Å². The second-order valence-corrected chi connectivity index (χ2v) is 9.03. The number of rotatable bonds is 10. The lowest BCUT2D eigenvalue weighted by Crippen LogP contribution is -2.21. The van der Waals surface area contributed by atoms with Gasteiger partial charge in [-0.3, -0.25) is 9.97 Å². The van der Waals surface area contributed by atoms with Gasteiger partial charge in [-0.1, -0.05) is 11.6 Å². The molecule has 0 amide bonds. The highest BCUT2D eigenvalue weighted by Crippen LogP contribution is 2.24. The third kappa shape index (κ3) is 5.96. The molecule has 0 aliphatic heterocycles. The summed E-state index contributed by atoms with van der Waals surface area (Å²) >= 11 is 8.38. The van der Waals surface area contributed by atoms with Gasteiger partial charge in [0.25, 0.3) is 0 Å². The van der Waals surface area contributed by atoms with Crippen molar-refractivity contribution < 1.29 is 0 Å². The average Bonchev–Trinajstić information content (AvgIpc) is 2.77. The number of aromatic nitrogens is 2. The second-order valence-electron chi connectivity index (χ2n) is 7.35. The first-order valence-electron chi connectivity index (χ1n) is 10.5. The van der Waals surface area contributed by atoms with Crippen molar-refractivity contribution in [3.63, 3.8) is 0 Å². The van der Waals surface area contributed by atoms with E-state index in [2.05, 4.69) is 66.7 Å². The van der Waals surface area contributed by atoms with Gasteiger partial charge in [-0.2, -0.15) is 0 Å². The lowest BCUT2D eigenvalue weighted by Gasteiger charge is -2.11. The molecule has 4 rings (SSSR count). The molecule has 0 aliphatic carbocycles. The van der Waals surface area contributed by atoms with Gasteiger partial charge in [0.05, 0.1) is 11.0 Å².